The van der Waals surface area contributed by atoms with Crippen molar-refractivity contribution in [3.05, 3.63) is 29.8 Å². The van der Waals surface area contributed by atoms with Gasteiger partial charge in [-0.15, -0.1) is 0 Å². The molecule has 58 heavy (non-hydrogen) atoms. The van der Waals surface area contributed by atoms with Crippen molar-refractivity contribution < 1.29 is 64.6 Å². The maximum absolute atomic E-state index is 13.9. The number of nitrogens with one attached hydrogen (secondary N) is 4. The number of anilines is 1. The number of likely N-dealkylation sites (N-methyl/N-ethyl adjacent to an activating group) is 1. The first-order valence-corrected chi connectivity index (χ1v) is 20.3. The average Bonchev–Trinajstić information content (AvgIpc) is 3.61. The predicted molar refractivity (Wildman–Crippen MR) is 205 cm³/mol. The van der Waals surface area contributed by atoms with Crippen LogP contribution in [0, 0.1) is 11.8 Å². The molecule has 1 saturated heterocycles. The van der Waals surface area contributed by atoms with Gasteiger partial charge in [-0.25, -0.2) is 13.2 Å². The molecule has 0 spiro atoms. The first-order valence-electron chi connectivity index (χ1n) is 18.7. The Hall–Kier alpha value is -4.50. The van der Waals surface area contributed by atoms with E-state index in [4.69, 9.17) is 14.2 Å². The fourth-order valence-electron chi connectivity index (χ4n) is 6.59. The van der Waals surface area contributed by atoms with Crippen LogP contribution in [0.2, 0.25) is 0 Å². The van der Waals surface area contributed by atoms with Crippen molar-refractivity contribution >= 4 is 51.3 Å². The van der Waals surface area contributed by atoms with E-state index in [0.29, 0.717) is 25.8 Å². The molecule has 0 aromatic heterocycles. The predicted octanol–water partition coefficient (Wildman–Crippen LogP) is 2.69. The molecule has 0 bridgehead atoms. The first-order chi connectivity index (χ1) is 26.8. The van der Waals surface area contributed by atoms with E-state index in [-0.39, 0.29) is 36.0 Å². The molecule has 1 aromatic carbocycles. The van der Waals surface area contributed by atoms with Crippen molar-refractivity contribution in [2.45, 2.75) is 109 Å². The van der Waals surface area contributed by atoms with E-state index in [1.54, 1.807) is 45.0 Å². The molecule has 17 nitrogen and oxygen atoms in total. The lowest BCUT2D eigenvalue weighted by atomic mass is 9.90. The zero-order chi connectivity index (χ0) is 44.2. The third-order valence-corrected chi connectivity index (χ3v) is 10.9. The van der Waals surface area contributed by atoms with Gasteiger partial charge in [-0.05, 0) is 57.2 Å². The number of carbonyl (C=O) groups excluding carboxylic acids is 6. The summed E-state index contributed by atoms with van der Waals surface area (Å²) < 4.78 is 81.2. The highest BCUT2D eigenvalue weighted by molar-refractivity contribution is 7.89. The second-order valence-corrected chi connectivity index (χ2v) is 16.9. The molecule has 6 unspecified atom stereocenters. The second kappa shape index (κ2) is 21.5. The van der Waals surface area contributed by atoms with E-state index in [9.17, 15) is 50.4 Å². The summed E-state index contributed by atoms with van der Waals surface area (Å²) in [6.07, 6.45) is -5.77. The smallest absolute Gasteiger partial charge is 0.444 e. The van der Waals surface area contributed by atoms with Crippen LogP contribution in [0.1, 0.15) is 72.8 Å². The van der Waals surface area contributed by atoms with Crippen molar-refractivity contribution in [3.8, 4) is 0 Å². The number of sulfonamides is 1. The van der Waals surface area contributed by atoms with Gasteiger partial charge in [-0.2, -0.15) is 13.2 Å². The highest BCUT2D eigenvalue weighted by Gasteiger charge is 2.42. The summed E-state index contributed by atoms with van der Waals surface area (Å²) in [4.78, 5) is 79.2. The maximum atomic E-state index is 13.9. The Morgan fingerprint density at radius 3 is 2.12 bits per heavy atom. The Kier molecular flexibility index (Phi) is 18.4. The minimum atomic E-state index is -5.11. The van der Waals surface area contributed by atoms with E-state index < -0.39 is 94.0 Å². The van der Waals surface area contributed by atoms with Gasteiger partial charge in [-0.3, -0.25) is 28.7 Å². The number of alkyl halides is 3. The van der Waals surface area contributed by atoms with Gasteiger partial charge in [0, 0.05) is 33.5 Å². The van der Waals surface area contributed by atoms with E-state index in [0.717, 1.165) is 24.3 Å². The van der Waals surface area contributed by atoms with Crippen LogP contribution in [0.25, 0.3) is 0 Å². The monoisotopic (exact) mass is 850 g/mol. The molecule has 21 heteroatoms. The highest BCUT2D eigenvalue weighted by atomic mass is 32.2. The molecular weight excluding hydrogens is 793 g/mol. The van der Waals surface area contributed by atoms with Gasteiger partial charge in [-0.1, -0.05) is 39.3 Å². The van der Waals surface area contributed by atoms with E-state index >= 15 is 0 Å². The molecule has 0 aliphatic carbocycles. The number of halogens is 3. The summed E-state index contributed by atoms with van der Waals surface area (Å²) in [6, 6.07) is 3.37. The molecule has 6 atom stereocenters. The minimum Gasteiger partial charge on any atom is -0.444 e. The second-order valence-electron chi connectivity index (χ2n) is 15.2. The van der Waals surface area contributed by atoms with E-state index in [2.05, 4.69) is 10.6 Å². The molecule has 0 saturated carbocycles. The summed E-state index contributed by atoms with van der Waals surface area (Å²) in [5, 5.41) is 6.49. The summed E-state index contributed by atoms with van der Waals surface area (Å²) in [5.41, 5.74) is -0.874. The standard InChI is InChI=1S/C37H57F3N6O11S/c1-10-22(2)31(45(7)30(49)20-42-35(52)57-36(4,5)6)27(55-8)18-29(48)46-17-11-12-26(46)32(56-9)23(3)33(50)41-19-28(47)44-58(53,54)21-24-13-15-25(16-14-24)43-34(51)37(38,39)40/h13-16,22-23,26-27,31-32H,10-12,17-21H2,1-9H3,(H,41,50)(H,42,52)(H,43,51)(H,44,47). The number of nitrogens with zero attached hydrogens (tertiary/aromatic N) is 2. The number of ether oxygens (including phenoxy) is 3. The Morgan fingerprint density at radius 2 is 1.59 bits per heavy atom. The summed E-state index contributed by atoms with van der Waals surface area (Å²) in [5.74, 6) is -6.36. The molecule has 6 amide bonds. The number of benzene rings is 1. The molecule has 0 radical (unpaired) electrons. The van der Waals surface area contributed by atoms with Crippen LogP contribution in [0.3, 0.4) is 0 Å². The van der Waals surface area contributed by atoms with Gasteiger partial charge in [0.05, 0.1) is 48.9 Å². The number of methoxy groups -OCH3 is 2. The average molecular weight is 851 g/mol. The van der Waals surface area contributed by atoms with Gasteiger partial charge >= 0.3 is 18.2 Å². The third-order valence-electron chi connectivity index (χ3n) is 9.61. The molecule has 328 valence electrons. The summed E-state index contributed by atoms with van der Waals surface area (Å²) in [6.45, 7) is 9.82. The zero-order valence-electron chi connectivity index (χ0n) is 34.4. The number of carbonyl (C=O) groups is 6. The molecule has 1 fully saturated rings. The van der Waals surface area contributed by atoms with Crippen LogP contribution in [0.15, 0.2) is 24.3 Å². The highest BCUT2D eigenvalue weighted by Crippen LogP contribution is 2.29. The first kappa shape index (κ1) is 49.6. The molecule has 4 N–H and O–H groups in total. The maximum Gasteiger partial charge on any atom is 0.471 e. The Labute approximate surface area is 337 Å². The van der Waals surface area contributed by atoms with Crippen LogP contribution in [0.4, 0.5) is 23.7 Å². The third kappa shape index (κ3) is 15.3. The Morgan fingerprint density at radius 1 is 0.966 bits per heavy atom. The molecule has 1 aliphatic heterocycles. The number of alkyl carbamates (subject to hydrolysis) is 1. The number of hydrogen-bond donors (Lipinski definition) is 4. The fraction of sp³-hybridized carbons (Fsp3) is 0.676. The Bertz CT molecular complexity index is 1710. The van der Waals surface area contributed by atoms with Crippen molar-refractivity contribution in [1.29, 1.82) is 0 Å². The summed E-state index contributed by atoms with van der Waals surface area (Å²) >= 11 is 0. The van der Waals surface area contributed by atoms with Crippen LogP contribution in [-0.4, -0.2) is 131 Å². The minimum absolute atomic E-state index is 0.0990. The normalized spacial score (nSPS) is 17.2. The van der Waals surface area contributed by atoms with Gasteiger partial charge in [0.15, 0.2) is 0 Å². The topological polar surface area (TPSA) is 219 Å². The van der Waals surface area contributed by atoms with E-state index in [1.165, 1.54) is 19.1 Å². The summed E-state index contributed by atoms with van der Waals surface area (Å²) in [7, 11) is 0.109. The quantitative estimate of drug-likeness (QED) is 0.159. The van der Waals surface area contributed by atoms with Crippen molar-refractivity contribution in [3.63, 3.8) is 0 Å². The molecule has 1 aromatic rings. The zero-order valence-corrected chi connectivity index (χ0v) is 35.2. The van der Waals surface area contributed by atoms with Crippen molar-refractivity contribution in [2.75, 3.05) is 46.2 Å². The van der Waals surface area contributed by atoms with E-state index in [1.807, 2.05) is 18.6 Å². The lowest BCUT2D eigenvalue weighted by molar-refractivity contribution is -0.167. The van der Waals surface area contributed by atoms with Crippen LogP contribution >= 0.6 is 0 Å². The Balaban J connectivity index is 2.04. The van der Waals surface area contributed by atoms with Crippen molar-refractivity contribution in [2.24, 2.45) is 11.8 Å². The molecule has 2 rings (SSSR count). The van der Waals surface area contributed by atoms with Crippen LogP contribution < -0.4 is 20.7 Å². The fourth-order valence-corrected chi connectivity index (χ4v) is 7.71. The van der Waals surface area contributed by atoms with Gasteiger partial charge in [0.25, 0.3) is 5.91 Å². The largest absolute Gasteiger partial charge is 0.471 e. The number of rotatable bonds is 19. The van der Waals surface area contributed by atoms with Gasteiger partial charge in [0.2, 0.25) is 27.7 Å². The van der Waals surface area contributed by atoms with Crippen LogP contribution in [0.5, 0.6) is 0 Å². The van der Waals surface area contributed by atoms with Gasteiger partial charge in [0.1, 0.15) is 12.1 Å². The number of likely N-dealkylation sites (tertiary alicyclic amines) is 1. The lowest BCUT2D eigenvalue weighted by Gasteiger charge is -2.39. The number of hydrogen-bond acceptors (Lipinski definition) is 11. The lowest BCUT2D eigenvalue weighted by Crippen LogP contribution is -2.54. The molecule has 1 heterocycles. The van der Waals surface area contributed by atoms with Crippen molar-refractivity contribution in [1.82, 2.24) is 25.2 Å². The number of amides is 6. The van der Waals surface area contributed by atoms with Gasteiger partial charge < -0.3 is 40.0 Å². The van der Waals surface area contributed by atoms with Crippen LogP contribution in [-0.2, 0) is 54.0 Å². The molecule has 1 aliphatic rings. The molecular formula is C37H57F3N6O11S. The SMILES string of the molecule is CCC(C)C(C(CC(=O)N1CCCC1C(OC)C(C)C(=O)NCC(=O)NS(=O)(=O)Cc1ccc(NC(=O)C(F)(F)F)cc1)OC)N(C)C(=O)CNC(=O)OC(C)(C)C.